The van der Waals surface area contributed by atoms with E-state index in [4.69, 9.17) is 4.42 Å². The van der Waals surface area contributed by atoms with E-state index in [1.54, 1.807) is 6.26 Å². The smallest absolute Gasteiger partial charge is 0.255 e. The standard InChI is InChI=1S/C18H19N3O2/c22-17-14-5-1-2-6-15(14)19-18(20-17)10-12-7-8-16(18)21(12)11-13-4-3-9-23-13/h1-6,9,12,16,19H,7-8,10-11H2,(H,20,22)/t12-,16-,18+/m1/s1. The van der Waals surface area contributed by atoms with Crippen molar-refractivity contribution in [3.63, 3.8) is 0 Å². The summed E-state index contributed by atoms with van der Waals surface area (Å²) in [7, 11) is 0. The van der Waals surface area contributed by atoms with E-state index >= 15 is 0 Å². The van der Waals surface area contributed by atoms with E-state index in [-0.39, 0.29) is 11.6 Å². The van der Waals surface area contributed by atoms with Crippen LogP contribution in [0.1, 0.15) is 35.4 Å². The van der Waals surface area contributed by atoms with Crippen LogP contribution in [0, 0.1) is 0 Å². The van der Waals surface area contributed by atoms with Crippen LogP contribution in [0.4, 0.5) is 5.69 Å². The molecule has 3 atom stereocenters. The average molecular weight is 309 g/mol. The highest BCUT2D eigenvalue weighted by molar-refractivity contribution is 6.02. The summed E-state index contributed by atoms with van der Waals surface area (Å²) in [6.07, 6.45) is 4.95. The van der Waals surface area contributed by atoms with Crippen molar-refractivity contribution < 1.29 is 9.21 Å². The molecule has 0 saturated carbocycles. The monoisotopic (exact) mass is 309 g/mol. The van der Waals surface area contributed by atoms with Gasteiger partial charge in [0.2, 0.25) is 0 Å². The molecular weight excluding hydrogens is 290 g/mol. The second-order valence-electron chi connectivity index (χ2n) is 6.80. The lowest BCUT2D eigenvalue weighted by molar-refractivity contribution is 0.0868. The summed E-state index contributed by atoms with van der Waals surface area (Å²) < 4.78 is 5.52. The molecule has 5 rings (SSSR count). The Labute approximate surface area is 134 Å². The number of fused-ring (bicyclic) bond motifs is 4. The van der Waals surface area contributed by atoms with Gasteiger partial charge in [0.1, 0.15) is 11.4 Å². The van der Waals surface area contributed by atoms with Gasteiger partial charge in [0, 0.05) is 18.2 Å². The average Bonchev–Trinajstić information content (AvgIpc) is 3.24. The van der Waals surface area contributed by atoms with Crippen LogP contribution in [0.2, 0.25) is 0 Å². The SMILES string of the molecule is O=C1N[C@]2(C[C@H]3CC[C@H]2N3Cc2ccco2)Nc2ccccc21. The lowest BCUT2D eigenvalue weighted by Crippen LogP contribution is -2.64. The zero-order valence-electron chi connectivity index (χ0n) is 12.8. The Kier molecular flexibility index (Phi) is 2.65. The minimum absolute atomic E-state index is 0.0323. The summed E-state index contributed by atoms with van der Waals surface area (Å²) in [5.74, 6) is 1.02. The molecule has 1 spiro atoms. The quantitative estimate of drug-likeness (QED) is 0.895. The Morgan fingerprint density at radius 3 is 2.96 bits per heavy atom. The molecule has 1 amide bonds. The van der Waals surface area contributed by atoms with Gasteiger partial charge in [0.05, 0.1) is 24.4 Å². The first-order valence-electron chi connectivity index (χ1n) is 8.23. The summed E-state index contributed by atoms with van der Waals surface area (Å²) in [5, 5.41) is 6.91. The fraction of sp³-hybridized carbons (Fsp3) is 0.389. The fourth-order valence-electron chi connectivity index (χ4n) is 4.61. The normalized spacial score (nSPS) is 31.9. The molecule has 2 N–H and O–H groups in total. The molecule has 1 aromatic heterocycles. The molecule has 2 bridgehead atoms. The topological polar surface area (TPSA) is 57.5 Å². The Morgan fingerprint density at radius 2 is 2.09 bits per heavy atom. The van der Waals surface area contributed by atoms with Gasteiger partial charge < -0.3 is 15.1 Å². The minimum atomic E-state index is -0.346. The first-order chi connectivity index (χ1) is 11.3. The number of rotatable bonds is 2. The zero-order valence-corrected chi connectivity index (χ0v) is 12.8. The van der Waals surface area contributed by atoms with Crippen LogP contribution in [0.5, 0.6) is 0 Å². The fourth-order valence-corrected chi connectivity index (χ4v) is 4.61. The van der Waals surface area contributed by atoms with Crippen LogP contribution in [0.25, 0.3) is 0 Å². The second kappa shape index (κ2) is 4.61. The van der Waals surface area contributed by atoms with Gasteiger partial charge in [-0.25, -0.2) is 0 Å². The molecule has 3 aliphatic rings. The van der Waals surface area contributed by atoms with Crippen LogP contribution < -0.4 is 10.6 Å². The molecule has 23 heavy (non-hydrogen) atoms. The molecule has 2 fully saturated rings. The van der Waals surface area contributed by atoms with Gasteiger partial charge in [0.15, 0.2) is 0 Å². The van der Waals surface area contributed by atoms with Crippen molar-refractivity contribution in [2.75, 3.05) is 5.32 Å². The van der Waals surface area contributed by atoms with E-state index in [1.807, 2.05) is 36.4 Å². The van der Waals surface area contributed by atoms with Gasteiger partial charge in [0.25, 0.3) is 5.91 Å². The summed E-state index contributed by atoms with van der Waals surface area (Å²) in [6, 6.07) is 12.5. The van der Waals surface area contributed by atoms with E-state index in [1.165, 1.54) is 6.42 Å². The van der Waals surface area contributed by atoms with Crippen molar-refractivity contribution in [1.82, 2.24) is 10.2 Å². The second-order valence-corrected chi connectivity index (χ2v) is 6.80. The molecule has 118 valence electrons. The summed E-state index contributed by atoms with van der Waals surface area (Å²) >= 11 is 0. The van der Waals surface area contributed by atoms with E-state index in [0.717, 1.165) is 36.4 Å². The highest BCUT2D eigenvalue weighted by Crippen LogP contribution is 2.47. The zero-order chi connectivity index (χ0) is 15.4. The van der Waals surface area contributed by atoms with Gasteiger partial charge >= 0.3 is 0 Å². The highest BCUT2D eigenvalue weighted by Gasteiger charge is 2.58. The van der Waals surface area contributed by atoms with Crippen LogP contribution >= 0.6 is 0 Å². The van der Waals surface area contributed by atoms with Crippen molar-refractivity contribution in [2.45, 2.75) is 43.6 Å². The molecule has 0 aliphatic carbocycles. The first-order valence-corrected chi connectivity index (χ1v) is 8.23. The van der Waals surface area contributed by atoms with Gasteiger partial charge in [-0.15, -0.1) is 0 Å². The lowest BCUT2D eigenvalue weighted by atomic mass is 9.86. The largest absolute Gasteiger partial charge is 0.468 e. The van der Waals surface area contributed by atoms with Crippen LogP contribution in [0.3, 0.4) is 0 Å². The van der Waals surface area contributed by atoms with Crippen molar-refractivity contribution in [1.29, 1.82) is 0 Å². The first kappa shape index (κ1) is 13.2. The van der Waals surface area contributed by atoms with E-state index < -0.39 is 0 Å². The van der Waals surface area contributed by atoms with E-state index in [0.29, 0.717) is 12.1 Å². The molecule has 2 aromatic rings. The number of anilines is 1. The number of hydrogen-bond acceptors (Lipinski definition) is 4. The number of amides is 1. The van der Waals surface area contributed by atoms with Crippen molar-refractivity contribution in [3.05, 3.63) is 54.0 Å². The molecule has 0 unspecified atom stereocenters. The molecule has 1 aromatic carbocycles. The number of carbonyl (C=O) groups is 1. The van der Waals surface area contributed by atoms with Gasteiger partial charge in [-0.1, -0.05) is 12.1 Å². The van der Waals surface area contributed by atoms with E-state index in [9.17, 15) is 4.79 Å². The Morgan fingerprint density at radius 1 is 1.17 bits per heavy atom. The third kappa shape index (κ3) is 1.86. The van der Waals surface area contributed by atoms with Crippen LogP contribution in [-0.4, -0.2) is 28.6 Å². The van der Waals surface area contributed by atoms with Crippen molar-refractivity contribution in [3.8, 4) is 0 Å². The maximum absolute atomic E-state index is 12.6. The van der Waals surface area contributed by atoms with Crippen LogP contribution in [-0.2, 0) is 6.54 Å². The molecule has 5 heteroatoms. The third-order valence-corrected chi connectivity index (χ3v) is 5.55. The summed E-state index contributed by atoms with van der Waals surface area (Å²) in [6.45, 7) is 0.809. The number of nitrogens with zero attached hydrogens (tertiary/aromatic N) is 1. The van der Waals surface area contributed by atoms with Crippen molar-refractivity contribution >= 4 is 11.6 Å². The number of benzene rings is 1. The third-order valence-electron chi connectivity index (χ3n) is 5.55. The molecule has 2 saturated heterocycles. The predicted molar refractivity (Wildman–Crippen MR) is 85.9 cm³/mol. The predicted octanol–water partition coefficient (Wildman–Crippen LogP) is 2.57. The molecule has 4 heterocycles. The molecule has 0 radical (unpaired) electrons. The molecular formula is C18H19N3O2. The number of furan rings is 1. The Hall–Kier alpha value is -2.27. The van der Waals surface area contributed by atoms with Gasteiger partial charge in [-0.2, -0.15) is 0 Å². The molecule has 3 aliphatic heterocycles. The van der Waals surface area contributed by atoms with Gasteiger partial charge in [-0.05, 0) is 37.1 Å². The highest BCUT2D eigenvalue weighted by atomic mass is 16.3. The maximum atomic E-state index is 12.6. The van der Waals surface area contributed by atoms with Crippen LogP contribution in [0.15, 0.2) is 47.1 Å². The number of hydrogen-bond donors (Lipinski definition) is 2. The van der Waals surface area contributed by atoms with Gasteiger partial charge in [-0.3, -0.25) is 9.69 Å². The summed E-state index contributed by atoms with van der Waals surface area (Å²) in [4.78, 5) is 15.0. The molecule has 5 nitrogen and oxygen atoms in total. The maximum Gasteiger partial charge on any atom is 0.255 e. The number of nitrogens with one attached hydrogen (secondary N) is 2. The number of carbonyl (C=O) groups excluding carboxylic acids is 1. The van der Waals surface area contributed by atoms with E-state index in [2.05, 4.69) is 15.5 Å². The van der Waals surface area contributed by atoms with Crippen molar-refractivity contribution in [2.24, 2.45) is 0 Å². The number of para-hydroxylation sites is 1. The Bertz CT molecular complexity index is 757. The summed E-state index contributed by atoms with van der Waals surface area (Å²) in [5.41, 5.74) is 1.33. The minimum Gasteiger partial charge on any atom is -0.468 e. The lowest BCUT2D eigenvalue weighted by Gasteiger charge is -2.43. The Balaban J connectivity index is 1.47.